The van der Waals surface area contributed by atoms with Gasteiger partial charge in [-0.15, -0.1) is 11.3 Å². The number of pyridine rings is 1. The number of aromatic nitrogens is 1. The number of rotatable bonds is 5. The van der Waals surface area contributed by atoms with E-state index in [0.29, 0.717) is 16.5 Å². The topological polar surface area (TPSA) is 68.0 Å². The Bertz CT molecular complexity index is 606. The third-order valence-electron chi connectivity index (χ3n) is 3.24. The molecule has 0 spiro atoms. The van der Waals surface area contributed by atoms with E-state index in [-0.39, 0.29) is 11.9 Å². The van der Waals surface area contributed by atoms with Gasteiger partial charge >= 0.3 is 0 Å². The fourth-order valence-corrected chi connectivity index (χ4v) is 3.05. The molecule has 0 bridgehead atoms. The average Bonchev–Trinajstić information content (AvgIpc) is 2.74. The van der Waals surface area contributed by atoms with E-state index in [1.165, 1.54) is 11.3 Å². The van der Waals surface area contributed by atoms with Crippen LogP contribution in [0.5, 0.6) is 0 Å². The number of fused-ring (bicyclic) bond motifs is 1. The van der Waals surface area contributed by atoms with Crippen LogP contribution in [0.4, 0.5) is 5.69 Å². The molecule has 1 amide bonds. The van der Waals surface area contributed by atoms with E-state index >= 15 is 0 Å². The molecule has 0 saturated carbocycles. The fraction of sp³-hybridized carbons (Fsp3) is 0.467. The third kappa shape index (κ3) is 3.28. The molecule has 0 aliphatic rings. The summed E-state index contributed by atoms with van der Waals surface area (Å²) in [5.41, 5.74) is 7.23. The van der Waals surface area contributed by atoms with Crippen LogP contribution in [0.3, 0.4) is 0 Å². The number of nitrogens with two attached hydrogens (primary N) is 1. The summed E-state index contributed by atoms with van der Waals surface area (Å²) in [4.78, 5) is 17.1. The van der Waals surface area contributed by atoms with Crippen molar-refractivity contribution in [3.63, 3.8) is 0 Å². The minimum Gasteiger partial charge on any atom is -0.396 e. The Morgan fingerprint density at radius 1 is 1.40 bits per heavy atom. The lowest BCUT2D eigenvalue weighted by molar-refractivity contribution is 0.0942. The highest BCUT2D eigenvalue weighted by molar-refractivity contribution is 7.21. The smallest absolute Gasteiger partial charge is 0.263 e. The molecule has 2 rings (SSSR count). The summed E-state index contributed by atoms with van der Waals surface area (Å²) in [6, 6.07) is 3.94. The van der Waals surface area contributed by atoms with Crippen LogP contribution in [0.1, 0.15) is 43.3 Å². The SMILES string of the molecule is CC(C)CCC(C)NC(=O)c1sc2cccnc2c1N. The molecule has 0 radical (unpaired) electrons. The minimum atomic E-state index is -0.0956. The molecule has 0 aromatic carbocycles. The van der Waals surface area contributed by atoms with Crippen LogP contribution in [-0.4, -0.2) is 16.9 Å². The molecular formula is C15H21N3OS. The highest BCUT2D eigenvalue weighted by Crippen LogP contribution is 2.31. The Kier molecular flexibility index (Phi) is 4.60. The van der Waals surface area contributed by atoms with Gasteiger partial charge in [-0.25, -0.2) is 0 Å². The van der Waals surface area contributed by atoms with E-state index in [1.807, 2.05) is 19.1 Å². The molecule has 20 heavy (non-hydrogen) atoms. The normalized spacial score (nSPS) is 12.8. The monoisotopic (exact) mass is 291 g/mol. The number of carbonyl (C=O) groups excluding carboxylic acids is 1. The van der Waals surface area contributed by atoms with Gasteiger partial charge in [0, 0.05) is 12.2 Å². The number of nitrogens with zero attached hydrogens (tertiary/aromatic N) is 1. The quantitative estimate of drug-likeness (QED) is 0.886. The lowest BCUT2D eigenvalue weighted by Gasteiger charge is -2.14. The summed E-state index contributed by atoms with van der Waals surface area (Å²) in [6.07, 6.45) is 3.77. The summed E-state index contributed by atoms with van der Waals surface area (Å²) in [5.74, 6) is 0.551. The molecule has 5 heteroatoms. The number of nitrogen functional groups attached to an aromatic ring is 1. The molecule has 4 nitrogen and oxygen atoms in total. The highest BCUT2D eigenvalue weighted by atomic mass is 32.1. The second-order valence-corrected chi connectivity index (χ2v) is 6.59. The Balaban J connectivity index is 2.09. The van der Waals surface area contributed by atoms with Crippen LogP contribution < -0.4 is 11.1 Å². The van der Waals surface area contributed by atoms with Gasteiger partial charge in [0.15, 0.2) is 0 Å². The van der Waals surface area contributed by atoms with Gasteiger partial charge in [-0.2, -0.15) is 0 Å². The third-order valence-corrected chi connectivity index (χ3v) is 4.40. The van der Waals surface area contributed by atoms with Crippen LogP contribution in [0.25, 0.3) is 10.2 Å². The predicted molar refractivity (Wildman–Crippen MR) is 85.0 cm³/mol. The molecule has 0 aliphatic heterocycles. The summed E-state index contributed by atoms with van der Waals surface area (Å²) in [6.45, 7) is 6.40. The van der Waals surface area contributed by atoms with E-state index in [1.54, 1.807) is 6.20 Å². The molecule has 108 valence electrons. The fourth-order valence-electron chi connectivity index (χ4n) is 2.06. The number of nitrogens with one attached hydrogen (secondary N) is 1. The predicted octanol–water partition coefficient (Wildman–Crippen LogP) is 3.43. The van der Waals surface area contributed by atoms with Gasteiger partial charge in [0.05, 0.1) is 10.4 Å². The molecule has 1 atom stereocenters. The van der Waals surface area contributed by atoms with E-state index in [4.69, 9.17) is 5.73 Å². The molecule has 2 aromatic rings. The van der Waals surface area contributed by atoms with Gasteiger partial charge < -0.3 is 11.1 Å². The lowest BCUT2D eigenvalue weighted by Crippen LogP contribution is -2.32. The van der Waals surface area contributed by atoms with Gasteiger partial charge in [0.1, 0.15) is 10.4 Å². The number of thiophene rings is 1. The van der Waals surface area contributed by atoms with Crippen LogP contribution in [-0.2, 0) is 0 Å². The summed E-state index contributed by atoms with van der Waals surface area (Å²) in [5, 5.41) is 3.02. The van der Waals surface area contributed by atoms with Crippen molar-refractivity contribution in [3.8, 4) is 0 Å². The van der Waals surface area contributed by atoms with Crippen molar-refractivity contribution in [1.82, 2.24) is 10.3 Å². The standard InChI is InChI=1S/C15H21N3OS/c1-9(2)6-7-10(3)18-15(19)14-12(16)13-11(20-14)5-4-8-17-13/h4-5,8-10H,6-7,16H2,1-3H3,(H,18,19). The maximum atomic E-state index is 12.3. The van der Waals surface area contributed by atoms with Crippen LogP contribution in [0.2, 0.25) is 0 Å². The molecule has 3 N–H and O–H groups in total. The minimum absolute atomic E-state index is 0.0956. The van der Waals surface area contributed by atoms with Crippen molar-refractivity contribution in [3.05, 3.63) is 23.2 Å². The zero-order valence-electron chi connectivity index (χ0n) is 12.1. The number of amides is 1. The van der Waals surface area contributed by atoms with Crippen LogP contribution in [0.15, 0.2) is 18.3 Å². The van der Waals surface area contributed by atoms with Crippen molar-refractivity contribution < 1.29 is 4.79 Å². The van der Waals surface area contributed by atoms with Gasteiger partial charge in [0.2, 0.25) is 0 Å². The molecule has 1 unspecified atom stereocenters. The van der Waals surface area contributed by atoms with Crippen molar-refractivity contribution in [2.75, 3.05) is 5.73 Å². The maximum Gasteiger partial charge on any atom is 0.263 e. The van der Waals surface area contributed by atoms with Gasteiger partial charge in [0.25, 0.3) is 5.91 Å². The molecule has 2 heterocycles. The first-order chi connectivity index (χ1) is 9.49. The number of hydrogen-bond donors (Lipinski definition) is 2. The first-order valence-corrected chi connectivity index (χ1v) is 7.74. The second kappa shape index (κ2) is 6.22. The maximum absolute atomic E-state index is 12.3. The highest BCUT2D eigenvalue weighted by Gasteiger charge is 2.18. The zero-order valence-corrected chi connectivity index (χ0v) is 13.0. The molecule has 0 aliphatic carbocycles. The van der Waals surface area contributed by atoms with Crippen LogP contribution >= 0.6 is 11.3 Å². The van der Waals surface area contributed by atoms with E-state index < -0.39 is 0 Å². The largest absolute Gasteiger partial charge is 0.396 e. The summed E-state index contributed by atoms with van der Waals surface area (Å²) in [7, 11) is 0. The molecular weight excluding hydrogens is 270 g/mol. The lowest BCUT2D eigenvalue weighted by atomic mass is 10.0. The van der Waals surface area contributed by atoms with E-state index in [2.05, 4.69) is 24.1 Å². The van der Waals surface area contributed by atoms with Crippen molar-refractivity contribution in [2.24, 2.45) is 5.92 Å². The first-order valence-electron chi connectivity index (χ1n) is 6.93. The Hall–Kier alpha value is -1.62. The van der Waals surface area contributed by atoms with Crippen LogP contribution in [0, 0.1) is 5.92 Å². The van der Waals surface area contributed by atoms with E-state index in [0.717, 1.165) is 23.1 Å². The first kappa shape index (κ1) is 14.8. The van der Waals surface area contributed by atoms with E-state index in [9.17, 15) is 4.79 Å². The molecule has 2 aromatic heterocycles. The Labute approximate surface area is 123 Å². The Morgan fingerprint density at radius 3 is 2.80 bits per heavy atom. The zero-order chi connectivity index (χ0) is 14.7. The van der Waals surface area contributed by atoms with Crippen molar-refractivity contribution in [2.45, 2.75) is 39.7 Å². The number of hydrogen-bond acceptors (Lipinski definition) is 4. The summed E-state index contributed by atoms with van der Waals surface area (Å²) < 4.78 is 0.949. The summed E-state index contributed by atoms with van der Waals surface area (Å²) >= 11 is 1.40. The van der Waals surface area contributed by atoms with Crippen molar-refractivity contribution in [1.29, 1.82) is 0 Å². The number of carbonyl (C=O) groups is 1. The van der Waals surface area contributed by atoms with Gasteiger partial charge in [-0.05, 0) is 37.8 Å². The number of anilines is 1. The second-order valence-electron chi connectivity index (χ2n) is 5.54. The van der Waals surface area contributed by atoms with Gasteiger partial charge in [-0.1, -0.05) is 13.8 Å². The average molecular weight is 291 g/mol. The van der Waals surface area contributed by atoms with Gasteiger partial charge in [-0.3, -0.25) is 9.78 Å². The Morgan fingerprint density at radius 2 is 2.15 bits per heavy atom. The molecule has 0 fully saturated rings. The molecule has 0 saturated heterocycles. The van der Waals surface area contributed by atoms with Crippen molar-refractivity contribution >= 4 is 33.1 Å².